The summed E-state index contributed by atoms with van der Waals surface area (Å²) in [4.78, 5) is 0. The maximum absolute atomic E-state index is 13.1. The minimum absolute atomic E-state index is 0.0247. The summed E-state index contributed by atoms with van der Waals surface area (Å²) in [5.41, 5.74) is 3.46. The number of aliphatic hydroxyl groups is 3. The summed E-state index contributed by atoms with van der Waals surface area (Å²) in [6, 6.07) is 20.6. The second-order valence-electron chi connectivity index (χ2n) is 11.1. The number of aliphatic hydroxyl groups excluding tert-OH is 3. The molecule has 1 aliphatic heterocycles. The molecule has 48 heavy (non-hydrogen) atoms. The molecule has 11 nitrogen and oxygen atoms in total. The third kappa shape index (κ3) is 8.67. The van der Waals surface area contributed by atoms with E-state index in [1.807, 2.05) is 43.3 Å². The van der Waals surface area contributed by atoms with Gasteiger partial charge in [0.25, 0.3) is 0 Å². The fraction of sp³-hybridized carbons (Fsp3) is 0.294. The summed E-state index contributed by atoms with van der Waals surface area (Å²) in [5, 5.41) is 32.5. The van der Waals surface area contributed by atoms with Crippen LogP contribution in [0, 0.1) is 6.92 Å². The minimum atomic E-state index is -5.21. The van der Waals surface area contributed by atoms with Crippen molar-refractivity contribution in [2.75, 3.05) is 33.0 Å². The van der Waals surface area contributed by atoms with Crippen LogP contribution in [0.2, 0.25) is 5.02 Å². The monoisotopic (exact) mass is 703 g/mol. The van der Waals surface area contributed by atoms with E-state index < -0.39 is 35.9 Å². The van der Waals surface area contributed by atoms with Crippen molar-refractivity contribution in [3.8, 4) is 39.9 Å². The number of rotatable bonds is 15. The molecule has 4 N–H and O–H groups in total. The molecule has 0 amide bonds. The number of ether oxygens (including phenoxy) is 4. The van der Waals surface area contributed by atoms with E-state index in [0.717, 1.165) is 22.3 Å². The number of nitrogens with one attached hydrogen (secondary N) is 1. The number of benzene rings is 4. The molecule has 0 aromatic heterocycles. The Hall–Kier alpha value is -4.11. The standard InChI is InChI=1S/C34H35ClFNO10S/c1-22-25(5-3-7-28(22)24-8-9-30-33(14-24)44-11-10-43-30)18-46-32-15-31(26(13-29(32)35)16-37-34(19-38,20-39)21-40)45-17-23-4-2-6-27(12-23)47-48(36,41)42/h2-9,12-15,37-40H,10-11,16-21H2,1H3. The smallest absolute Gasteiger partial charge is 0.488 e. The van der Waals surface area contributed by atoms with E-state index in [2.05, 4.69) is 9.50 Å². The average Bonchev–Trinajstić information content (AvgIpc) is 3.08. The molecule has 0 fully saturated rings. The molecule has 256 valence electrons. The van der Waals surface area contributed by atoms with Gasteiger partial charge in [-0.25, -0.2) is 0 Å². The van der Waals surface area contributed by atoms with Crippen LogP contribution in [0.5, 0.6) is 28.7 Å². The molecule has 0 saturated carbocycles. The van der Waals surface area contributed by atoms with Crippen molar-refractivity contribution in [1.29, 1.82) is 0 Å². The molecule has 1 aliphatic rings. The van der Waals surface area contributed by atoms with Crippen molar-refractivity contribution < 1.29 is 50.8 Å². The Morgan fingerprint density at radius 1 is 0.854 bits per heavy atom. The molecule has 0 atom stereocenters. The third-order valence-corrected chi connectivity index (χ3v) is 8.53. The second kappa shape index (κ2) is 15.4. The molecule has 5 rings (SSSR count). The van der Waals surface area contributed by atoms with Gasteiger partial charge in [0, 0.05) is 18.2 Å². The second-order valence-corrected chi connectivity index (χ2v) is 12.5. The summed E-state index contributed by atoms with van der Waals surface area (Å²) in [6.45, 7) is 1.48. The molecule has 0 unspecified atom stereocenters. The first-order valence-electron chi connectivity index (χ1n) is 14.9. The van der Waals surface area contributed by atoms with E-state index in [-0.39, 0.29) is 30.5 Å². The highest BCUT2D eigenvalue weighted by atomic mass is 35.5. The van der Waals surface area contributed by atoms with Gasteiger partial charge in [0.1, 0.15) is 43.7 Å². The van der Waals surface area contributed by atoms with Gasteiger partial charge in [-0.1, -0.05) is 51.9 Å². The topological polar surface area (TPSA) is 153 Å². The minimum Gasteiger partial charge on any atom is -0.488 e. The Morgan fingerprint density at radius 3 is 2.29 bits per heavy atom. The highest BCUT2D eigenvalue weighted by Gasteiger charge is 2.28. The van der Waals surface area contributed by atoms with E-state index in [9.17, 15) is 27.6 Å². The lowest BCUT2D eigenvalue weighted by molar-refractivity contribution is 0.0412. The number of fused-ring (bicyclic) bond motifs is 1. The van der Waals surface area contributed by atoms with Gasteiger partial charge in [0.05, 0.1) is 30.4 Å². The summed E-state index contributed by atoms with van der Waals surface area (Å²) in [5.74, 6) is 1.77. The van der Waals surface area contributed by atoms with Gasteiger partial charge in [0.15, 0.2) is 11.5 Å². The number of hydrogen-bond acceptors (Lipinski definition) is 11. The Kier molecular flexibility index (Phi) is 11.3. The summed E-state index contributed by atoms with van der Waals surface area (Å²) in [6.07, 6.45) is 0. The van der Waals surface area contributed by atoms with Crippen molar-refractivity contribution in [3.63, 3.8) is 0 Å². The number of halogens is 2. The van der Waals surface area contributed by atoms with Crippen LogP contribution >= 0.6 is 11.6 Å². The lowest BCUT2D eigenvalue weighted by Crippen LogP contribution is -2.54. The van der Waals surface area contributed by atoms with Crippen LogP contribution in [-0.2, 0) is 30.3 Å². The third-order valence-electron chi connectivity index (χ3n) is 7.85. The molecular weight excluding hydrogens is 669 g/mol. The maximum Gasteiger partial charge on any atom is 0.488 e. The zero-order valence-corrected chi connectivity index (χ0v) is 27.5. The van der Waals surface area contributed by atoms with Gasteiger partial charge in [-0.05, 0) is 65.1 Å². The highest BCUT2D eigenvalue weighted by molar-refractivity contribution is 7.81. The largest absolute Gasteiger partial charge is 0.488 e. The van der Waals surface area contributed by atoms with E-state index in [0.29, 0.717) is 47.3 Å². The zero-order valence-electron chi connectivity index (χ0n) is 25.9. The van der Waals surface area contributed by atoms with Gasteiger partial charge in [-0.15, -0.1) is 0 Å². The van der Waals surface area contributed by atoms with Crippen molar-refractivity contribution in [2.24, 2.45) is 0 Å². The molecule has 0 bridgehead atoms. The Bertz CT molecular complexity index is 1840. The van der Waals surface area contributed by atoms with Crippen molar-refractivity contribution >= 4 is 22.1 Å². The van der Waals surface area contributed by atoms with Crippen LogP contribution in [0.4, 0.5) is 3.89 Å². The van der Waals surface area contributed by atoms with Crippen LogP contribution in [0.15, 0.2) is 72.8 Å². The predicted molar refractivity (Wildman–Crippen MR) is 176 cm³/mol. The highest BCUT2D eigenvalue weighted by Crippen LogP contribution is 2.37. The van der Waals surface area contributed by atoms with E-state index in [1.54, 1.807) is 18.2 Å². The Balaban J connectivity index is 1.39. The fourth-order valence-electron chi connectivity index (χ4n) is 5.04. The van der Waals surface area contributed by atoms with Gasteiger partial charge in [-0.2, -0.15) is 8.42 Å². The molecule has 0 aliphatic carbocycles. The van der Waals surface area contributed by atoms with Crippen LogP contribution < -0.4 is 28.4 Å². The lowest BCUT2D eigenvalue weighted by Gasteiger charge is -2.29. The normalized spacial score (nSPS) is 12.9. The average molecular weight is 704 g/mol. The van der Waals surface area contributed by atoms with Gasteiger partial charge in [0.2, 0.25) is 0 Å². The Morgan fingerprint density at radius 2 is 1.56 bits per heavy atom. The SMILES string of the molecule is Cc1c(COc2cc(OCc3cccc(OS(=O)(=O)F)c3)c(CNC(CO)(CO)CO)cc2Cl)cccc1-c1ccc2c(c1)OCCO2. The van der Waals surface area contributed by atoms with E-state index in [4.69, 9.17) is 30.5 Å². The molecule has 14 heteroatoms. The molecule has 4 aromatic carbocycles. The van der Waals surface area contributed by atoms with Crippen LogP contribution in [0.3, 0.4) is 0 Å². The van der Waals surface area contributed by atoms with Crippen molar-refractivity contribution in [1.82, 2.24) is 5.32 Å². The summed E-state index contributed by atoms with van der Waals surface area (Å²) < 4.78 is 63.0. The summed E-state index contributed by atoms with van der Waals surface area (Å²) >= 11 is 6.66. The van der Waals surface area contributed by atoms with Gasteiger partial charge in [-0.3, -0.25) is 0 Å². The fourth-order valence-corrected chi connectivity index (χ4v) is 5.62. The molecule has 0 saturated heterocycles. The van der Waals surface area contributed by atoms with Gasteiger partial charge < -0.3 is 43.8 Å². The van der Waals surface area contributed by atoms with Gasteiger partial charge >= 0.3 is 10.5 Å². The number of hydrogen-bond donors (Lipinski definition) is 4. The predicted octanol–water partition coefficient (Wildman–Crippen LogP) is 4.64. The lowest BCUT2D eigenvalue weighted by atomic mass is 9.96. The maximum atomic E-state index is 13.1. The molecule has 0 radical (unpaired) electrons. The molecule has 0 spiro atoms. The van der Waals surface area contributed by atoms with E-state index in [1.165, 1.54) is 18.2 Å². The van der Waals surface area contributed by atoms with Crippen LogP contribution in [0.1, 0.15) is 22.3 Å². The zero-order chi connectivity index (χ0) is 34.3. The Labute approximate surface area is 282 Å². The summed E-state index contributed by atoms with van der Waals surface area (Å²) in [7, 11) is -5.21. The van der Waals surface area contributed by atoms with E-state index >= 15 is 0 Å². The van der Waals surface area contributed by atoms with Crippen molar-refractivity contribution in [2.45, 2.75) is 32.2 Å². The molecule has 4 aromatic rings. The first-order chi connectivity index (χ1) is 23.0. The first-order valence-corrected chi connectivity index (χ1v) is 16.6. The molecular formula is C34H35ClFNO10S. The van der Waals surface area contributed by atoms with Crippen molar-refractivity contribution in [3.05, 3.63) is 100 Å². The van der Waals surface area contributed by atoms with Crippen LogP contribution in [0.25, 0.3) is 11.1 Å². The first kappa shape index (κ1) is 35.2. The molecule has 1 heterocycles. The van der Waals surface area contributed by atoms with Crippen LogP contribution in [-0.4, -0.2) is 62.3 Å². The quantitative estimate of drug-likeness (QED) is 0.128.